The SMILES string of the molecule is COC(=NCc1ccccc1N)C(C)=O. The molecule has 4 heteroatoms. The normalized spacial score (nSPS) is 11.2. The summed E-state index contributed by atoms with van der Waals surface area (Å²) in [5.74, 6) is -0.0646. The van der Waals surface area contributed by atoms with Gasteiger partial charge in [-0.15, -0.1) is 0 Å². The molecule has 4 nitrogen and oxygen atoms in total. The first-order valence-corrected chi connectivity index (χ1v) is 4.58. The van der Waals surface area contributed by atoms with E-state index in [1.807, 2.05) is 18.2 Å². The van der Waals surface area contributed by atoms with Crippen LogP contribution in [0.3, 0.4) is 0 Å². The molecule has 2 N–H and O–H groups in total. The van der Waals surface area contributed by atoms with Crippen LogP contribution in [0.4, 0.5) is 5.69 Å². The average Bonchev–Trinajstić information content (AvgIpc) is 2.21. The number of benzene rings is 1. The molecule has 80 valence electrons. The molecule has 0 aromatic heterocycles. The Labute approximate surface area is 88.8 Å². The van der Waals surface area contributed by atoms with Crippen LogP contribution >= 0.6 is 0 Å². The topological polar surface area (TPSA) is 64.7 Å². The molecule has 1 aromatic carbocycles. The van der Waals surface area contributed by atoms with Crippen molar-refractivity contribution in [2.24, 2.45) is 4.99 Å². The van der Waals surface area contributed by atoms with Crippen LogP contribution in [0.15, 0.2) is 29.3 Å². The maximum Gasteiger partial charge on any atom is 0.253 e. The molecule has 0 saturated heterocycles. The van der Waals surface area contributed by atoms with Crippen molar-refractivity contribution in [1.82, 2.24) is 0 Å². The zero-order chi connectivity index (χ0) is 11.3. The molecule has 0 saturated carbocycles. The number of ether oxygens (including phenoxy) is 1. The molecule has 0 atom stereocenters. The number of hydrogen-bond donors (Lipinski definition) is 1. The van der Waals surface area contributed by atoms with E-state index >= 15 is 0 Å². The minimum Gasteiger partial charge on any atom is -0.479 e. The molecule has 0 heterocycles. The van der Waals surface area contributed by atoms with E-state index < -0.39 is 0 Å². The molecule has 1 rings (SSSR count). The van der Waals surface area contributed by atoms with Crippen molar-refractivity contribution >= 4 is 17.4 Å². The molecule has 0 amide bonds. The van der Waals surface area contributed by atoms with Gasteiger partial charge < -0.3 is 10.5 Å². The molecule has 1 aromatic rings. The van der Waals surface area contributed by atoms with Crippen LogP contribution < -0.4 is 5.73 Å². The Morgan fingerprint density at radius 2 is 2.13 bits per heavy atom. The van der Waals surface area contributed by atoms with Gasteiger partial charge in [0.25, 0.3) is 5.90 Å². The lowest BCUT2D eigenvalue weighted by atomic mass is 10.2. The first-order valence-electron chi connectivity index (χ1n) is 4.58. The second kappa shape index (κ2) is 5.14. The molecule has 0 unspecified atom stereocenters. The predicted molar refractivity (Wildman–Crippen MR) is 59.7 cm³/mol. The maximum atomic E-state index is 11.0. The number of rotatable bonds is 3. The average molecular weight is 206 g/mol. The van der Waals surface area contributed by atoms with Gasteiger partial charge in [-0.25, -0.2) is 4.99 Å². The number of nitrogens with zero attached hydrogens (tertiary/aromatic N) is 1. The van der Waals surface area contributed by atoms with Crippen molar-refractivity contribution < 1.29 is 9.53 Å². The number of para-hydroxylation sites is 1. The van der Waals surface area contributed by atoms with E-state index in [2.05, 4.69) is 4.99 Å². The fraction of sp³-hybridized carbons (Fsp3) is 0.273. The van der Waals surface area contributed by atoms with Crippen molar-refractivity contribution in [3.8, 4) is 0 Å². The first kappa shape index (κ1) is 11.2. The van der Waals surface area contributed by atoms with Crippen LogP contribution in [-0.2, 0) is 16.1 Å². The highest BCUT2D eigenvalue weighted by Crippen LogP contribution is 2.11. The lowest BCUT2D eigenvalue weighted by Crippen LogP contribution is -2.12. The number of carbonyl (C=O) groups is 1. The third-order valence-electron chi connectivity index (χ3n) is 1.94. The summed E-state index contributed by atoms with van der Waals surface area (Å²) in [6.45, 7) is 1.77. The molecular formula is C11H14N2O2. The van der Waals surface area contributed by atoms with Crippen molar-refractivity contribution in [2.45, 2.75) is 13.5 Å². The number of hydrogen-bond acceptors (Lipinski definition) is 4. The van der Waals surface area contributed by atoms with Gasteiger partial charge in [-0.2, -0.15) is 0 Å². The van der Waals surface area contributed by atoms with Crippen molar-refractivity contribution in [2.75, 3.05) is 12.8 Å². The Morgan fingerprint density at radius 3 is 2.67 bits per heavy atom. The molecule has 0 bridgehead atoms. The Morgan fingerprint density at radius 1 is 1.47 bits per heavy atom. The lowest BCUT2D eigenvalue weighted by Gasteiger charge is -2.03. The van der Waals surface area contributed by atoms with E-state index in [1.54, 1.807) is 6.07 Å². The number of aliphatic imine (C=N–C) groups is 1. The largest absolute Gasteiger partial charge is 0.479 e. The first-order chi connectivity index (χ1) is 7.15. The Balaban J connectivity index is 2.79. The highest BCUT2D eigenvalue weighted by molar-refractivity contribution is 6.35. The second-order valence-corrected chi connectivity index (χ2v) is 3.08. The van der Waals surface area contributed by atoms with E-state index in [4.69, 9.17) is 10.5 Å². The van der Waals surface area contributed by atoms with Crippen LogP contribution in [0, 0.1) is 0 Å². The summed E-state index contributed by atoms with van der Waals surface area (Å²) in [4.78, 5) is 15.0. The van der Waals surface area contributed by atoms with Gasteiger partial charge in [-0.05, 0) is 11.6 Å². The maximum absolute atomic E-state index is 11.0. The summed E-state index contributed by atoms with van der Waals surface area (Å²) in [6.07, 6.45) is 0. The molecule has 0 aliphatic heterocycles. The summed E-state index contributed by atoms with van der Waals surface area (Å²) in [5, 5.41) is 0. The van der Waals surface area contributed by atoms with Gasteiger partial charge in [0.2, 0.25) is 5.78 Å². The molecule has 0 fully saturated rings. The lowest BCUT2D eigenvalue weighted by molar-refractivity contribution is -0.112. The minimum absolute atomic E-state index is 0.123. The van der Waals surface area contributed by atoms with Crippen molar-refractivity contribution in [3.05, 3.63) is 29.8 Å². The van der Waals surface area contributed by atoms with E-state index in [-0.39, 0.29) is 11.7 Å². The van der Waals surface area contributed by atoms with Crippen molar-refractivity contribution in [3.63, 3.8) is 0 Å². The fourth-order valence-electron chi connectivity index (χ4n) is 1.15. The van der Waals surface area contributed by atoms with E-state index in [0.717, 1.165) is 5.56 Å². The van der Waals surface area contributed by atoms with Crippen LogP contribution in [0.1, 0.15) is 12.5 Å². The van der Waals surface area contributed by atoms with Gasteiger partial charge in [-0.1, -0.05) is 18.2 Å². The number of anilines is 1. The van der Waals surface area contributed by atoms with Crippen molar-refractivity contribution in [1.29, 1.82) is 0 Å². The third-order valence-corrected chi connectivity index (χ3v) is 1.94. The third kappa shape index (κ3) is 3.09. The highest BCUT2D eigenvalue weighted by atomic mass is 16.5. The van der Waals surface area contributed by atoms with Gasteiger partial charge in [0.1, 0.15) is 0 Å². The zero-order valence-corrected chi connectivity index (χ0v) is 8.86. The van der Waals surface area contributed by atoms with E-state index in [9.17, 15) is 4.79 Å². The van der Waals surface area contributed by atoms with Gasteiger partial charge in [0.05, 0.1) is 13.7 Å². The predicted octanol–water partition coefficient (Wildman–Crippen LogP) is 1.40. The fourth-order valence-corrected chi connectivity index (χ4v) is 1.15. The number of ketones is 1. The Bertz CT molecular complexity index is 386. The molecule has 0 aliphatic rings. The molecule has 0 radical (unpaired) electrons. The molecule has 15 heavy (non-hydrogen) atoms. The number of nitrogen functional groups attached to an aromatic ring is 1. The van der Waals surface area contributed by atoms with E-state index in [1.165, 1.54) is 14.0 Å². The van der Waals surface area contributed by atoms with E-state index in [0.29, 0.717) is 12.2 Å². The number of nitrogens with two attached hydrogens (primary N) is 1. The van der Waals surface area contributed by atoms with Gasteiger partial charge in [0, 0.05) is 12.6 Å². The highest BCUT2D eigenvalue weighted by Gasteiger charge is 2.04. The van der Waals surface area contributed by atoms with Gasteiger partial charge in [-0.3, -0.25) is 4.79 Å². The number of methoxy groups -OCH3 is 1. The molecular weight excluding hydrogens is 192 g/mol. The molecule has 0 aliphatic carbocycles. The van der Waals surface area contributed by atoms with Crippen LogP contribution in [0.25, 0.3) is 0 Å². The summed E-state index contributed by atoms with van der Waals surface area (Å²) in [5.41, 5.74) is 7.28. The van der Waals surface area contributed by atoms with Crippen LogP contribution in [-0.4, -0.2) is 18.8 Å². The molecule has 0 spiro atoms. The summed E-state index contributed by atoms with van der Waals surface area (Å²) < 4.78 is 4.83. The monoisotopic (exact) mass is 206 g/mol. The summed E-state index contributed by atoms with van der Waals surface area (Å²) in [7, 11) is 1.43. The van der Waals surface area contributed by atoms with Crippen LogP contribution in [0.2, 0.25) is 0 Å². The Hall–Kier alpha value is -1.84. The van der Waals surface area contributed by atoms with Crippen LogP contribution in [0.5, 0.6) is 0 Å². The number of Topliss-reactive ketones (excluding diaryl/α,β-unsaturated/α-hetero) is 1. The quantitative estimate of drug-likeness (QED) is 0.462. The smallest absolute Gasteiger partial charge is 0.253 e. The Kier molecular flexibility index (Phi) is 3.85. The second-order valence-electron chi connectivity index (χ2n) is 3.08. The van der Waals surface area contributed by atoms with Gasteiger partial charge in [0.15, 0.2) is 0 Å². The summed E-state index contributed by atoms with van der Waals surface area (Å²) >= 11 is 0. The minimum atomic E-state index is -0.188. The summed E-state index contributed by atoms with van der Waals surface area (Å²) in [6, 6.07) is 7.39. The standard InChI is InChI=1S/C11H14N2O2/c1-8(14)11(15-2)13-7-9-5-3-4-6-10(9)12/h3-6H,7,12H2,1-2H3. The van der Waals surface area contributed by atoms with Gasteiger partial charge >= 0.3 is 0 Å². The number of carbonyl (C=O) groups excluding carboxylic acids is 1. The zero-order valence-electron chi connectivity index (χ0n) is 8.86.